The van der Waals surface area contributed by atoms with Gasteiger partial charge in [-0.15, -0.1) is 0 Å². The molecule has 0 radical (unpaired) electrons. The molecular weight excluding hydrogens is 462 g/mol. The van der Waals surface area contributed by atoms with Gasteiger partial charge in [0.2, 0.25) is 0 Å². The molecule has 3 aromatic carbocycles. The molecule has 1 aliphatic rings. The molecule has 0 bridgehead atoms. The molecule has 0 saturated heterocycles. The molecule has 0 unspecified atom stereocenters. The molecule has 1 aliphatic heterocycles. The van der Waals surface area contributed by atoms with Crippen LogP contribution in [0.3, 0.4) is 0 Å². The van der Waals surface area contributed by atoms with Crippen LogP contribution in [-0.2, 0) is 11.3 Å². The largest absolute Gasteiger partial charge is 0.497 e. The molecule has 0 aliphatic carbocycles. The van der Waals surface area contributed by atoms with Gasteiger partial charge in [-0.25, -0.2) is 9.98 Å². The van der Waals surface area contributed by atoms with E-state index in [2.05, 4.69) is 15.3 Å². The van der Waals surface area contributed by atoms with E-state index in [1.165, 1.54) is 13.2 Å². The summed E-state index contributed by atoms with van der Waals surface area (Å²) in [6, 6.07) is 16.5. The third-order valence-electron chi connectivity index (χ3n) is 5.49. The van der Waals surface area contributed by atoms with Gasteiger partial charge in [0.15, 0.2) is 5.78 Å². The van der Waals surface area contributed by atoms with E-state index in [9.17, 15) is 14.4 Å². The molecule has 182 valence electrons. The summed E-state index contributed by atoms with van der Waals surface area (Å²) in [6.45, 7) is 0.205. The molecule has 9 nitrogen and oxygen atoms in total. The van der Waals surface area contributed by atoms with Crippen molar-refractivity contribution in [2.24, 2.45) is 9.98 Å². The fraction of sp³-hybridized carbons (Fsp3) is 0.148. The maximum Gasteiger partial charge on any atom is 0.296 e. The highest BCUT2D eigenvalue weighted by Gasteiger charge is 2.16. The predicted octanol–water partition coefficient (Wildman–Crippen LogP) is 2.19. The van der Waals surface area contributed by atoms with Gasteiger partial charge in [-0.05, 0) is 60.7 Å². The van der Waals surface area contributed by atoms with E-state index in [0.717, 1.165) is 11.6 Å². The van der Waals surface area contributed by atoms with Crippen LogP contribution in [0.2, 0.25) is 0 Å². The number of fused-ring (bicyclic) bond motifs is 1. The lowest BCUT2D eigenvalue weighted by Gasteiger charge is -2.11. The first-order chi connectivity index (χ1) is 17.4. The normalized spacial score (nSPS) is 13.2. The number of ether oxygens (including phenoxy) is 3. The number of hydrogen-bond acceptors (Lipinski definition) is 7. The van der Waals surface area contributed by atoms with E-state index in [-0.39, 0.29) is 29.3 Å². The van der Waals surface area contributed by atoms with Crippen molar-refractivity contribution < 1.29 is 28.6 Å². The molecule has 9 heteroatoms. The van der Waals surface area contributed by atoms with E-state index in [1.807, 2.05) is 0 Å². The third kappa shape index (κ3) is 5.30. The van der Waals surface area contributed by atoms with Gasteiger partial charge in [-0.3, -0.25) is 14.4 Å². The van der Waals surface area contributed by atoms with Crippen molar-refractivity contribution in [2.45, 2.75) is 6.54 Å². The molecule has 1 heterocycles. The van der Waals surface area contributed by atoms with Gasteiger partial charge in [-0.2, -0.15) is 0 Å². The first-order valence-electron chi connectivity index (χ1n) is 10.9. The molecule has 0 saturated carbocycles. The van der Waals surface area contributed by atoms with Gasteiger partial charge in [0, 0.05) is 29.3 Å². The van der Waals surface area contributed by atoms with E-state index in [1.54, 1.807) is 68.8 Å². The fourth-order valence-electron chi connectivity index (χ4n) is 3.55. The summed E-state index contributed by atoms with van der Waals surface area (Å²) in [7, 11) is 4.64. The van der Waals surface area contributed by atoms with Gasteiger partial charge in [0.25, 0.3) is 11.8 Å². The Kier molecular flexibility index (Phi) is 7.20. The second-order valence-corrected chi connectivity index (χ2v) is 7.72. The number of nitrogens with zero attached hydrogens (tertiary/aromatic N) is 2. The Labute approximate surface area is 206 Å². The fourth-order valence-corrected chi connectivity index (χ4v) is 3.55. The first kappa shape index (κ1) is 24.3. The summed E-state index contributed by atoms with van der Waals surface area (Å²) in [4.78, 5) is 46.1. The van der Waals surface area contributed by atoms with Crippen LogP contribution in [0.1, 0.15) is 26.3 Å². The molecule has 2 amide bonds. The van der Waals surface area contributed by atoms with Crippen LogP contribution in [0.25, 0.3) is 0 Å². The highest BCUT2D eigenvalue weighted by atomic mass is 16.5. The Morgan fingerprint density at radius 2 is 1.50 bits per heavy atom. The van der Waals surface area contributed by atoms with Crippen molar-refractivity contribution >= 4 is 17.6 Å². The van der Waals surface area contributed by atoms with E-state index >= 15 is 0 Å². The standard InChI is InChI=1S/C27H23N3O6/c1-34-19-7-4-16(5-8-19)24(31)14-23-27(33)30-22-13-17(6-10-21(22)29-23)26(32)28-15-18-12-20(35-2)9-11-25(18)36-3/h4-14H,15H2,1-3H3,(H,28,32)/b23-14-. The molecule has 0 spiro atoms. The van der Waals surface area contributed by atoms with E-state index in [4.69, 9.17) is 14.2 Å². The summed E-state index contributed by atoms with van der Waals surface area (Å²) in [5, 5.41) is 3.46. The Morgan fingerprint density at radius 1 is 0.806 bits per heavy atom. The number of carbonyl (C=O) groups excluding carboxylic acids is 3. The molecule has 0 atom stereocenters. The predicted molar refractivity (Wildman–Crippen MR) is 130 cm³/mol. The SMILES string of the molecule is COc1ccc(C(=O)/C=C2\N=c3ccc(C(=O)NCc4cc(OC)ccc4OC)cc3=NC2=O)cc1. The van der Waals surface area contributed by atoms with E-state index < -0.39 is 5.91 Å². The first-order valence-corrected chi connectivity index (χ1v) is 10.9. The van der Waals surface area contributed by atoms with Gasteiger partial charge in [0.05, 0.1) is 32.0 Å². The molecule has 4 rings (SSSR count). The highest BCUT2D eigenvalue weighted by molar-refractivity contribution is 6.09. The second kappa shape index (κ2) is 10.6. The number of benzene rings is 3. The second-order valence-electron chi connectivity index (χ2n) is 7.72. The Balaban J connectivity index is 1.52. The zero-order valence-corrected chi connectivity index (χ0v) is 19.9. The average molecular weight is 485 g/mol. The number of ketones is 1. The molecule has 1 N–H and O–H groups in total. The summed E-state index contributed by atoms with van der Waals surface area (Å²) in [5.41, 5.74) is 1.36. The topological polar surface area (TPSA) is 116 Å². The average Bonchev–Trinajstić information content (AvgIpc) is 2.91. The summed E-state index contributed by atoms with van der Waals surface area (Å²) >= 11 is 0. The van der Waals surface area contributed by atoms with Crippen LogP contribution >= 0.6 is 0 Å². The number of rotatable bonds is 8. The zero-order chi connectivity index (χ0) is 25.7. The van der Waals surface area contributed by atoms with Crippen LogP contribution in [0, 0.1) is 0 Å². The third-order valence-corrected chi connectivity index (χ3v) is 5.49. The van der Waals surface area contributed by atoms with Crippen molar-refractivity contribution in [1.29, 1.82) is 0 Å². The van der Waals surface area contributed by atoms with Gasteiger partial charge in [0.1, 0.15) is 22.9 Å². The summed E-state index contributed by atoms with van der Waals surface area (Å²) in [6.07, 6.45) is 1.15. The molecular formula is C27H23N3O6. The molecule has 0 aromatic heterocycles. The number of nitrogens with one attached hydrogen (secondary N) is 1. The van der Waals surface area contributed by atoms with Crippen LogP contribution < -0.4 is 30.2 Å². The van der Waals surface area contributed by atoms with Crippen molar-refractivity contribution in [3.05, 3.63) is 99.8 Å². The summed E-state index contributed by atoms with van der Waals surface area (Å²) < 4.78 is 15.7. The van der Waals surface area contributed by atoms with Crippen LogP contribution in [-0.4, -0.2) is 38.9 Å². The van der Waals surface area contributed by atoms with Crippen molar-refractivity contribution in [3.63, 3.8) is 0 Å². The molecule has 0 fully saturated rings. The van der Waals surface area contributed by atoms with Crippen LogP contribution in [0.5, 0.6) is 17.2 Å². The van der Waals surface area contributed by atoms with Crippen LogP contribution in [0.4, 0.5) is 0 Å². The Hall–Kier alpha value is -4.79. The zero-order valence-electron chi connectivity index (χ0n) is 19.9. The minimum absolute atomic E-state index is 0.0781. The number of hydrogen-bond donors (Lipinski definition) is 1. The summed E-state index contributed by atoms with van der Waals surface area (Å²) in [5.74, 6) is 0.465. The maximum absolute atomic E-state index is 12.7. The van der Waals surface area contributed by atoms with E-state index in [0.29, 0.717) is 33.7 Å². The number of amides is 2. The molecule has 3 aromatic rings. The maximum atomic E-state index is 12.7. The number of carbonyl (C=O) groups is 3. The van der Waals surface area contributed by atoms with Gasteiger partial charge in [-0.1, -0.05) is 0 Å². The molecule has 36 heavy (non-hydrogen) atoms. The lowest BCUT2D eigenvalue weighted by molar-refractivity contribution is -0.114. The lowest BCUT2D eigenvalue weighted by Crippen LogP contribution is -2.33. The van der Waals surface area contributed by atoms with Crippen molar-refractivity contribution in [1.82, 2.24) is 5.32 Å². The van der Waals surface area contributed by atoms with Crippen molar-refractivity contribution in [2.75, 3.05) is 21.3 Å². The van der Waals surface area contributed by atoms with Crippen molar-refractivity contribution in [3.8, 4) is 17.2 Å². The number of methoxy groups -OCH3 is 3. The Bertz CT molecular complexity index is 1490. The smallest absolute Gasteiger partial charge is 0.296 e. The quantitative estimate of drug-likeness (QED) is 0.386. The minimum atomic E-state index is -0.664. The lowest BCUT2D eigenvalue weighted by atomic mass is 10.1. The van der Waals surface area contributed by atoms with Gasteiger partial charge < -0.3 is 19.5 Å². The Morgan fingerprint density at radius 3 is 2.19 bits per heavy atom. The minimum Gasteiger partial charge on any atom is -0.497 e. The monoisotopic (exact) mass is 485 g/mol. The van der Waals surface area contributed by atoms with Crippen LogP contribution in [0.15, 0.2) is 82.4 Å². The van der Waals surface area contributed by atoms with Gasteiger partial charge >= 0.3 is 0 Å². The highest BCUT2D eigenvalue weighted by Crippen LogP contribution is 2.23. The number of allylic oxidation sites excluding steroid dienone is 1.